The van der Waals surface area contributed by atoms with E-state index in [0.29, 0.717) is 0 Å². The number of hydrogen-bond acceptors (Lipinski definition) is 2. The van der Waals surface area contributed by atoms with Crippen molar-refractivity contribution in [1.82, 2.24) is 5.32 Å². The molecule has 1 aromatic rings. The first-order chi connectivity index (χ1) is 9.94. The average Bonchev–Trinajstić information content (AvgIpc) is 2.90. The zero-order valence-electron chi connectivity index (χ0n) is 12.3. The Morgan fingerprint density at radius 1 is 1.29 bits per heavy atom. The topological polar surface area (TPSA) is 49.4 Å². The molecular weight excluding hydrogens is 332 g/mol. The lowest BCUT2D eigenvalue weighted by Gasteiger charge is -2.43. The summed E-state index contributed by atoms with van der Waals surface area (Å²) in [5, 5.41) is 2.98. The van der Waals surface area contributed by atoms with Crippen molar-refractivity contribution in [3.05, 3.63) is 28.2 Å². The highest BCUT2D eigenvalue weighted by Gasteiger charge is 2.51. The van der Waals surface area contributed by atoms with Crippen LogP contribution in [0.2, 0.25) is 0 Å². The van der Waals surface area contributed by atoms with Gasteiger partial charge >= 0.3 is 0 Å². The fourth-order valence-corrected chi connectivity index (χ4v) is 3.74. The number of halogens is 1. The minimum atomic E-state index is -0.682. The quantitative estimate of drug-likeness (QED) is 0.846. The van der Waals surface area contributed by atoms with Crippen molar-refractivity contribution in [3.63, 3.8) is 0 Å². The molecule has 5 heteroatoms. The molecule has 1 aliphatic carbocycles. The van der Waals surface area contributed by atoms with Crippen LogP contribution < -0.4 is 10.2 Å². The number of hydrogen-bond donors (Lipinski definition) is 1. The molecular formula is C16H19BrN2O2. The minimum Gasteiger partial charge on any atom is -0.340 e. The van der Waals surface area contributed by atoms with Crippen molar-refractivity contribution in [2.45, 2.75) is 51.1 Å². The van der Waals surface area contributed by atoms with E-state index in [1.807, 2.05) is 25.1 Å². The van der Waals surface area contributed by atoms with E-state index in [4.69, 9.17) is 0 Å². The van der Waals surface area contributed by atoms with Crippen molar-refractivity contribution >= 4 is 33.4 Å². The highest BCUT2D eigenvalue weighted by Crippen LogP contribution is 2.38. The van der Waals surface area contributed by atoms with Crippen molar-refractivity contribution in [1.29, 1.82) is 0 Å². The second kappa shape index (κ2) is 5.13. The molecule has 1 N–H and O–H groups in total. The SMILES string of the molecule is Cc1ccc(Br)cc1N1C(=O)C2(CCCC2)NC(=O)C1C. The highest BCUT2D eigenvalue weighted by molar-refractivity contribution is 9.10. The van der Waals surface area contributed by atoms with Gasteiger partial charge in [-0.2, -0.15) is 0 Å². The van der Waals surface area contributed by atoms with Gasteiger partial charge in [-0.3, -0.25) is 14.5 Å². The second-order valence-corrected chi connectivity index (χ2v) is 6.98. The predicted octanol–water partition coefficient (Wildman–Crippen LogP) is 2.92. The number of carbonyl (C=O) groups excluding carboxylic acids is 2. The van der Waals surface area contributed by atoms with Gasteiger partial charge in [0.05, 0.1) is 0 Å². The molecule has 1 heterocycles. The standard InChI is InChI=1S/C16H19BrN2O2/c1-10-5-6-12(17)9-13(10)19-11(2)14(20)18-16(15(19)21)7-3-4-8-16/h5-6,9,11H,3-4,7-8H2,1-2H3,(H,18,20). The molecule has 1 atom stereocenters. The van der Waals surface area contributed by atoms with Gasteiger partial charge in [0.1, 0.15) is 11.6 Å². The molecule has 1 aromatic carbocycles. The van der Waals surface area contributed by atoms with Gasteiger partial charge in [0.25, 0.3) is 5.91 Å². The first kappa shape index (κ1) is 14.6. The van der Waals surface area contributed by atoms with E-state index < -0.39 is 11.6 Å². The summed E-state index contributed by atoms with van der Waals surface area (Å²) in [6.07, 6.45) is 3.47. The Balaban J connectivity index is 2.08. The molecule has 1 spiro atoms. The largest absolute Gasteiger partial charge is 0.340 e. The average molecular weight is 351 g/mol. The number of nitrogens with zero attached hydrogens (tertiary/aromatic N) is 1. The lowest BCUT2D eigenvalue weighted by atomic mass is 9.90. The van der Waals surface area contributed by atoms with Gasteiger partial charge in [0.2, 0.25) is 5.91 Å². The molecule has 0 aromatic heterocycles. The highest BCUT2D eigenvalue weighted by atomic mass is 79.9. The van der Waals surface area contributed by atoms with E-state index in [1.165, 1.54) is 0 Å². The Kier molecular flexibility index (Phi) is 3.56. The molecule has 2 amide bonds. The zero-order valence-corrected chi connectivity index (χ0v) is 13.9. The van der Waals surface area contributed by atoms with Gasteiger partial charge in [-0.05, 0) is 44.4 Å². The number of anilines is 1. The lowest BCUT2D eigenvalue weighted by Crippen LogP contribution is -2.69. The molecule has 4 nitrogen and oxygen atoms in total. The fraction of sp³-hybridized carbons (Fsp3) is 0.500. The van der Waals surface area contributed by atoms with E-state index in [1.54, 1.807) is 11.8 Å². The summed E-state index contributed by atoms with van der Waals surface area (Å²) in [4.78, 5) is 27.1. The monoisotopic (exact) mass is 350 g/mol. The van der Waals surface area contributed by atoms with Crippen LogP contribution in [-0.4, -0.2) is 23.4 Å². The molecule has 1 aliphatic heterocycles. The maximum absolute atomic E-state index is 13.1. The van der Waals surface area contributed by atoms with E-state index in [-0.39, 0.29) is 11.8 Å². The Morgan fingerprint density at radius 2 is 1.95 bits per heavy atom. The summed E-state index contributed by atoms with van der Waals surface area (Å²) >= 11 is 3.45. The van der Waals surface area contributed by atoms with E-state index in [2.05, 4.69) is 21.2 Å². The fourth-order valence-electron chi connectivity index (χ4n) is 3.39. The maximum atomic E-state index is 13.1. The lowest BCUT2D eigenvalue weighted by molar-refractivity contribution is -0.137. The predicted molar refractivity (Wildman–Crippen MR) is 85.2 cm³/mol. The van der Waals surface area contributed by atoms with Crippen molar-refractivity contribution in [2.24, 2.45) is 0 Å². The van der Waals surface area contributed by atoms with Crippen LogP contribution in [0.1, 0.15) is 38.2 Å². The van der Waals surface area contributed by atoms with Crippen LogP contribution in [0, 0.1) is 6.92 Å². The van der Waals surface area contributed by atoms with Crippen LogP contribution in [0.4, 0.5) is 5.69 Å². The van der Waals surface area contributed by atoms with Crippen LogP contribution in [0.25, 0.3) is 0 Å². The molecule has 21 heavy (non-hydrogen) atoms. The van der Waals surface area contributed by atoms with Crippen molar-refractivity contribution in [3.8, 4) is 0 Å². The second-order valence-electron chi connectivity index (χ2n) is 6.06. The third-order valence-corrected chi connectivity index (χ3v) is 5.14. The number of carbonyl (C=O) groups is 2. The summed E-state index contributed by atoms with van der Waals surface area (Å²) in [7, 11) is 0. The molecule has 1 saturated heterocycles. The number of benzene rings is 1. The van der Waals surface area contributed by atoms with Crippen molar-refractivity contribution in [2.75, 3.05) is 4.90 Å². The van der Waals surface area contributed by atoms with Crippen LogP contribution in [0.5, 0.6) is 0 Å². The number of piperazine rings is 1. The van der Waals surface area contributed by atoms with Crippen LogP contribution >= 0.6 is 15.9 Å². The minimum absolute atomic E-state index is 0.0355. The maximum Gasteiger partial charge on any atom is 0.253 e. The smallest absolute Gasteiger partial charge is 0.253 e. The summed E-state index contributed by atoms with van der Waals surface area (Å²) in [5.74, 6) is -0.0239. The molecule has 1 unspecified atom stereocenters. The first-order valence-electron chi connectivity index (χ1n) is 7.36. The Bertz CT molecular complexity index is 608. The summed E-state index contributed by atoms with van der Waals surface area (Å²) in [6, 6.07) is 5.36. The molecule has 112 valence electrons. The van der Waals surface area contributed by atoms with Crippen LogP contribution in [0.15, 0.2) is 22.7 Å². The Morgan fingerprint density at radius 3 is 2.62 bits per heavy atom. The van der Waals surface area contributed by atoms with Gasteiger partial charge in [0, 0.05) is 10.2 Å². The van der Waals surface area contributed by atoms with Gasteiger partial charge in [0.15, 0.2) is 0 Å². The van der Waals surface area contributed by atoms with E-state index >= 15 is 0 Å². The number of rotatable bonds is 1. The number of nitrogens with one attached hydrogen (secondary N) is 1. The molecule has 2 aliphatic rings. The normalized spacial score (nSPS) is 24.5. The molecule has 0 bridgehead atoms. The molecule has 0 radical (unpaired) electrons. The van der Waals surface area contributed by atoms with Crippen LogP contribution in [-0.2, 0) is 9.59 Å². The van der Waals surface area contributed by atoms with Gasteiger partial charge in [-0.1, -0.05) is 34.8 Å². The molecule has 2 fully saturated rings. The number of aryl methyl sites for hydroxylation is 1. The first-order valence-corrected chi connectivity index (χ1v) is 8.16. The molecule has 3 rings (SSSR count). The molecule has 1 saturated carbocycles. The number of amides is 2. The van der Waals surface area contributed by atoms with Gasteiger partial charge < -0.3 is 5.32 Å². The summed E-state index contributed by atoms with van der Waals surface area (Å²) in [5.41, 5.74) is 1.14. The Hall–Kier alpha value is -1.36. The zero-order chi connectivity index (χ0) is 15.2. The Labute approximate surface area is 133 Å². The van der Waals surface area contributed by atoms with Crippen LogP contribution in [0.3, 0.4) is 0 Å². The van der Waals surface area contributed by atoms with Crippen molar-refractivity contribution < 1.29 is 9.59 Å². The van der Waals surface area contributed by atoms with E-state index in [9.17, 15) is 9.59 Å². The third-order valence-electron chi connectivity index (χ3n) is 4.65. The van der Waals surface area contributed by atoms with E-state index in [0.717, 1.165) is 41.4 Å². The van der Waals surface area contributed by atoms with Gasteiger partial charge in [-0.15, -0.1) is 0 Å². The van der Waals surface area contributed by atoms with Gasteiger partial charge in [-0.25, -0.2) is 0 Å². The third kappa shape index (κ3) is 2.27. The summed E-state index contributed by atoms with van der Waals surface area (Å²) in [6.45, 7) is 3.75. The summed E-state index contributed by atoms with van der Waals surface area (Å²) < 4.78 is 0.912.